The number of fused-ring (bicyclic) bond motifs is 1. The van der Waals surface area contributed by atoms with E-state index in [9.17, 15) is 25.2 Å². The summed E-state index contributed by atoms with van der Waals surface area (Å²) in [7, 11) is 3.08. The molecule has 4 N–H and O–H groups in total. The molecule has 138 valence electrons. The summed E-state index contributed by atoms with van der Waals surface area (Å²) in [6.07, 6.45) is -2.04. The number of hydrogen-bond acceptors (Lipinski definition) is 7. The highest BCUT2D eigenvalue weighted by Gasteiger charge is 2.36. The van der Waals surface area contributed by atoms with Crippen molar-refractivity contribution in [3.8, 4) is 28.7 Å². The lowest BCUT2D eigenvalue weighted by Crippen LogP contribution is -2.37. The maximum Gasteiger partial charge on any atom is 0.409 e. The van der Waals surface area contributed by atoms with Crippen molar-refractivity contribution >= 4 is 6.09 Å². The Balaban J connectivity index is 2.02. The molecule has 26 heavy (non-hydrogen) atoms. The second kappa shape index (κ2) is 6.55. The Labute approximate surface area is 149 Å². The maximum atomic E-state index is 12.0. The zero-order chi connectivity index (χ0) is 19.0. The van der Waals surface area contributed by atoms with Crippen molar-refractivity contribution in [2.75, 3.05) is 14.1 Å². The number of amides is 1. The van der Waals surface area contributed by atoms with Gasteiger partial charge in [0.2, 0.25) is 0 Å². The topological polar surface area (TPSA) is 120 Å². The van der Waals surface area contributed by atoms with Gasteiger partial charge < -0.3 is 34.8 Å². The Kier molecular flexibility index (Phi) is 4.41. The van der Waals surface area contributed by atoms with Crippen molar-refractivity contribution in [2.45, 2.75) is 18.6 Å². The first-order valence-corrected chi connectivity index (χ1v) is 7.87. The molecule has 1 aliphatic heterocycles. The highest BCUT2D eigenvalue weighted by atomic mass is 16.6. The minimum absolute atomic E-state index is 0.146. The Morgan fingerprint density at radius 2 is 1.81 bits per heavy atom. The molecule has 0 saturated heterocycles. The Morgan fingerprint density at radius 3 is 2.46 bits per heavy atom. The number of carbonyl (C=O) groups is 1. The molecule has 0 aliphatic carbocycles. The molecule has 3 rings (SSSR count). The molecule has 2 atom stereocenters. The third-order valence-electron chi connectivity index (χ3n) is 4.11. The normalized spacial score (nSPS) is 18.5. The number of benzene rings is 2. The molecule has 2 aromatic carbocycles. The molecule has 1 heterocycles. The molecule has 2 unspecified atom stereocenters. The van der Waals surface area contributed by atoms with E-state index in [1.54, 1.807) is 0 Å². The van der Waals surface area contributed by atoms with Crippen molar-refractivity contribution in [3.05, 3.63) is 41.5 Å². The first-order valence-electron chi connectivity index (χ1n) is 7.87. The van der Waals surface area contributed by atoms with E-state index in [2.05, 4.69) is 0 Å². The van der Waals surface area contributed by atoms with Crippen LogP contribution in [-0.2, 0) is 11.2 Å². The summed E-state index contributed by atoms with van der Waals surface area (Å²) in [5.41, 5.74) is 0.865. The van der Waals surface area contributed by atoms with Gasteiger partial charge in [-0.3, -0.25) is 0 Å². The summed E-state index contributed by atoms with van der Waals surface area (Å²) in [4.78, 5) is 13.3. The van der Waals surface area contributed by atoms with Crippen LogP contribution in [0.5, 0.6) is 28.7 Å². The van der Waals surface area contributed by atoms with Gasteiger partial charge >= 0.3 is 6.09 Å². The van der Waals surface area contributed by atoms with Gasteiger partial charge in [-0.1, -0.05) is 6.07 Å². The van der Waals surface area contributed by atoms with E-state index >= 15 is 0 Å². The maximum absolute atomic E-state index is 12.0. The molecular formula is C18H19NO7. The molecule has 0 aromatic heterocycles. The highest BCUT2D eigenvalue weighted by molar-refractivity contribution is 5.67. The summed E-state index contributed by atoms with van der Waals surface area (Å²) in [6, 6.07) is 6.67. The van der Waals surface area contributed by atoms with Gasteiger partial charge in [0.05, 0.1) is 0 Å². The zero-order valence-corrected chi connectivity index (χ0v) is 14.2. The first-order chi connectivity index (χ1) is 12.3. The molecule has 0 radical (unpaired) electrons. The van der Waals surface area contributed by atoms with Crippen molar-refractivity contribution in [2.24, 2.45) is 0 Å². The summed E-state index contributed by atoms with van der Waals surface area (Å²) < 4.78 is 11.3. The van der Waals surface area contributed by atoms with E-state index in [0.29, 0.717) is 11.1 Å². The smallest absolute Gasteiger partial charge is 0.409 e. The van der Waals surface area contributed by atoms with Crippen LogP contribution in [0.3, 0.4) is 0 Å². The van der Waals surface area contributed by atoms with Crippen LogP contribution in [0.15, 0.2) is 30.3 Å². The minimum Gasteiger partial charge on any atom is -0.508 e. The number of phenolic OH excluding ortho intramolecular Hbond substituents is 4. The lowest BCUT2D eigenvalue weighted by Gasteiger charge is -2.34. The minimum atomic E-state index is -0.806. The largest absolute Gasteiger partial charge is 0.508 e. The van der Waals surface area contributed by atoms with Crippen LogP contribution in [0.25, 0.3) is 0 Å². The van der Waals surface area contributed by atoms with Crippen LogP contribution in [0, 0.1) is 0 Å². The third kappa shape index (κ3) is 3.26. The average Bonchev–Trinajstić information content (AvgIpc) is 2.57. The number of carbonyl (C=O) groups excluding carboxylic acids is 1. The van der Waals surface area contributed by atoms with Crippen LogP contribution < -0.4 is 4.74 Å². The van der Waals surface area contributed by atoms with Crippen molar-refractivity contribution in [1.82, 2.24) is 4.90 Å². The molecule has 0 bridgehead atoms. The predicted octanol–water partition coefficient (Wildman–Crippen LogP) is 2.25. The number of phenols is 4. The number of hydrogen-bond donors (Lipinski definition) is 4. The van der Waals surface area contributed by atoms with Gasteiger partial charge in [0.1, 0.15) is 23.4 Å². The lowest BCUT2D eigenvalue weighted by molar-refractivity contribution is -0.00761. The molecule has 2 aromatic rings. The molecular weight excluding hydrogens is 342 g/mol. The van der Waals surface area contributed by atoms with E-state index in [-0.39, 0.29) is 35.2 Å². The van der Waals surface area contributed by atoms with Crippen LogP contribution in [-0.4, -0.2) is 51.6 Å². The van der Waals surface area contributed by atoms with Crippen molar-refractivity contribution in [3.63, 3.8) is 0 Å². The molecule has 0 spiro atoms. The fraction of sp³-hybridized carbons (Fsp3) is 0.278. The summed E-state index contributed by atoms with van der Waals surface area (Å²) in [6.45, 7) is 0. The highest BCUT2D eigenvalue weighted by Crippen LogP contribution is 2.43. The van der Waals surface area contributed by atoms with Crippen molar-refractivity contribution < 1.29 is 34.7 Å². The van der Waals surface area contributed by atoms with Gasteiger partial charge in [-0.05, 0) is 12.1 Å². The van der Waals surface area contributed by atoms with Gasteiger partial charge in [-0.15, -0.1) is 0 Å². The van der Waals surface area contributed by atoms with Gasteiger partial charge in [0.25, 0.3) is 0 Å². The lowest BCUT2D eigenvalue weighted by atomic mass is 9.93. The van der Waals surface area contributed by atoms with E-state index < -0.39 is 18.3 Å². The van der Waals surface area contributed by atoms with Gasteiger partial charge in [-0.25, -0.2) is 4.79 Å². The summed E-state index contributed by atoms with van der Waals surface area (Å²) in [5, 5.41) is 39.0. The first kappa shape index (κ1) is 17.5. The van der Waals surface area contributed by atoms with Crippen LogP contribution >= 0.6 is 0 Å². The monoisotopic (exact) mass is 361 g/mol. The SMILES string of the molecule is CN(C)C(=O)OC1Cc2c(O)cc(O)cc2OC1c1ccc(O)c(O)c1. The van der Waals surface area contributed by atoms with Gasteiger partial charge in [-0.2, -0.15) is 0 Å². The summed E-state index contributed by atoms with van der Waals surface area (Å²) in [5.74, 6) is -0.720. The predicted molar refractivity (Wildman–Crippen MR) is 90.6 cm³/mol. The Hall–Kier alpha value is -3.29. The standard InChI is InChI=1S/C18H19NO7/c1-19(2)18(24)26-16-8-11-13(22)6-10(20)7-15(11)25-17(16)9-3-4-12(21)14(23)5-9/h3-7,16-17,20-23H,8H2,1-2H3. The zero-order valence-electron chi connectivity index (χ0n) is 14.2. The second-order valence-corrected chi connectivity index (χ2v) is 6.25. The molecule has 8 nitrogen and oxygen atoms in total. The second-order valence-electron chi connectivity index (χ2n) is 6.25. The Bertz CT molecular complexity index is 850. The third-order valence-corrected chi connectivity index (χ3v) is 4.11. The van der Waals surface area contributed by atoms with Crippen LogP contribution in [0.2, 0.25) is 0 Å². The van der Waals surface area contributed by atoms with E-state index in [0.717, 1.165) is 0 Å². The molecule has 0 fully saturated rings. The summed E-state index contributed by atoms with van der Waals surface area (Å²) >= 11 is 0. The van der Waals surface area contributed by atoms with Crippen LogP contribution in [0.1, 0.15) is 17.2 Å². The van der Waals surface area contributed by atoms with E-state index in [4.69, 9.17) is 9.47 Å². The Morgan fingerprint density at radius 1 is 1.08 bits per heavy atom. The van der Waals surface area contributed by atoms with Gasteiger partial charge in [0, 0.05) is 43.8 Å². The molecule has 8 heteroatoms. The van der Waals surface area contributed by atoms with Gasteiger partial charge in [0.15, 0.2) is 17.6 Å². The van der Waals surface area contributed by atoms with Crippen LogP contribution in [0.4, 0.5) is 4.79 Å². The van der Waals surface area contributed by atoms with E-state index in [1.165, 1.54) is 49.3 Å². The average molecular weight is 361 g/mol. The molecule has 0 saturated carbocycles. The number of ether oxygens (including phenoxy) is 2. The quantitative estimate of drug-likeness (QED) is 0.606. The molecule has 1 aliphatic rings. The number of aromatic hydroxyl groups is 4. The fourth-order valence-corrected chi connectivity index (χ4v) is 2.79. The number of nitrogens with zero attached hydrogens (tertiary/aromatic N) is 1. The van der Waals surface area contributed by atoms with E-state index in [1.807, 2.05) is 0 Å². The molecule has 1 amide bonds. The fourth-order valence-electron chi connectivity index (χ4n) is 2.79. The van der Waals surface area contributed by atoms with Crippen molar-refractivity contribution in [1.29, 1.82) is 0 Å². The number of rotatable bonds is 2.